The third-order valence-electron chi connectivity index (χ3n) is 6.67. The molecule has 4 nitrogen and oxygen atoms in total. The van der Waals surface area contributed by atoms with E-state index in [1.165, 1.54) is 24.3 Å². The van der Waals surface area contributed by atoms with Gasteiger partial charge in [0.15, 0.2) is 5.78 Å². The van der Waals surface area contributed by atoms with Gasteiger partial charge in [0.1, 0.15) is 11.6 Å². The van der Waals surface area contributed by atoms with E-state index in [0.29, 0.717) is 35.2 Å². The summed E-state index contributed by atoms with van der Waals surface area (Å²) in [5.41, 5.74) is 3.92. The number of para-hydroxylation sites is 1. The second-order valence-corrected chi connectivity index (χ2v) is 8.91. The predicted molar refractivity (Wildman–Crippen MR) is 130 cm³/mol. The number of dihydropyridines is 1. The van der Waals surface area contributed by atoms with Crippen LogP contribution in [0.5, 0.6) is 0 Å². The zero-order valence-corrected chi connectivity index (χ0v) is 19.1. The monoisotopic (exact) mass is 470 g/mol. The summed E-state index contributed by atoms with van der Waals surface area (Å²) in [4.78, 5) is 27.0. The van der Waals surface area contributed by atoms with Gasteiger partial charge in [-0.15, -0.1) is 0 Å². The molecule has 0 aromatic heterocycles. The number of hydrogen-bond acceptors (Lipinski definition) is 3. The summed E-state index contributed by atoms with van der Waals surface area (Å²) in [6.45, 7) is 1.77. The number of carbonyl (C=O) groups excluding carboxylic acids is 2. The fraction of sp³-hybridized carbons (Fsp3) is 0.172. The molecular formula is C29H24F2N2O2. The molecule has 2 unspecified atom stereocenters. The zero-order valence-electron chi connectivity index (χ0n) is 19.1. The Morgan fingerprint density at radius 2 is 1.57 bits per heavy atom. The van der Waals surface area contributed by atoms with Gasteiger partial charge in [0.2, 0.25) is 0 Å². The van der Waals surface area contributed by atoms with E-state index in [2.05, 4.69) is 10.6 Å². The zero-order chi connectivity index (χ0) is 24.5. The van der Waals surface area contributed by atoms with Crippen molar-refractivity contribution in [2.24, 2.45) is 0 Å². The first kappa shape index (κ1) is 22.7. The van der Waals surface area contributed by atoms with Crippen molar-refractivity contribution < 1.29 is 18.4 Å². The Hall–Kier alpha value is -4.06. The fourth-order valence-corrected chi connectivity index (χ4v) is 5.04. The van der Waals surface area contributed by atoms with Crippen molar-refractivity contribution in [2.75, 3.05) is 5.32 Å². The smallest absolute Gasteiger partial charge is 0.254 e. The van der Waals surface area contributed by atoms with Crippen molar-refractivity contribution in [3.05, 3.63) is 124 Å². The third kappa shape index (κ3) is 4.39. The first-order valence-electron chi connectivity index (χ1n) is 11.5. The predicted octanol–water partition coefficient (Wildman–Crippen LogP) is 5.97. The van der Waals surface area contributed by atoms with Crippen molar-refractivity contribution in [1.82, 2.24) is 5.32 Å². The molecule has 2 aliphatic rings. The summed E-state index contributed by atoms with van der Waals surface area (Å²) in [5, 5.41) is 5.95. The van der Waals surface area contributed by atoms with Crippen molar-refractivity contribution in [1.29, 1.82) is 0 Å². The van der Waals surface area contributed by atoms with E-state index >= 15 is 0 Å². The first-order chi connectivity index (χ1) is 16.9. The van der Waals surface area contributed by atoms with Crippen LogP contribution in [0.2, 0.25) is 0 Å². The second kappa shape index (κ2) is 9.29. The van der Waals surface area contributed by atoms with Gasteiger partial charge in [-0.25, -0.2) is 8.78 Å². The Bertz CT molecular complexity index is 1360. The number of hydrogen-bond donors (Lipinski definition) is 2. The van der Waals surface area contributed by atoms with Crippen LogP contribution in [0.4, 0.5) is 14.5 Å². The molecule has 0 fully saturated rings. The molecule has 2 atom stereocenters. The number of ketones is 1. The molecule has 176 valence electrons. The summed E-state index contributed by atoms with van der Waals surface area (Å²) in [6, 6.07) is 21.6. The minimum Gasteiger partial charge on any atom is -0.362 e. The average molecular weight is 471 g/mol. The lowest BCUT2D eigenvalue weighted by atomic mass is 9.71. The quantitative estimate of drug-likeness (QED) is 0.494. The Morgan fingerprint density at radius 1 is 0.886 bits per heavy atom. The lowest BCUT2D eigenvalue weighted by molar-refractivity contribution is -0.116. The topological polar surface area (TPSA) is 58.2 Å². The highest BCUT2D eigenvalue weighted by Gasteiger charge is 2.41. The SMILES string of the molecule is CC1=C(C(=O)Nc2ccccc2F)C(c2ccc(F)cc2)C2=C(CC(c3ccccc3)CC2=O)N1. The summed E-state index contributed by atoms with van der Waals surface area (Å²) in [7, 11) is 0. The number of halogens is 2. The molecule has 3 aromatic rings. The van der Waals surface area contributed by atoms with Crippen LogP contribution in [0.15, 0.2) is 101 Å². The number of rotatable bonds is 4. The van der Waals surface area contributed by atoms with Crippen LogP contribution >= 0.6 is 0 Å². The number of allylic oxidation sites excluding steroid dienone is 3. The molecule has 1 heterocycles. The van der Waals surface area contributed by atoms with E-state index in [4.69, 9.17) is 0 Å². The molecule has 0 spiro atoms. The van der Waals surface area contributed by atoms with Crippen LogP contribution < -0.4 is 10.6 Å². The van der Waals surface area contributed by atoms with Crippen LogP contribution in [-0.4, -0.2) is 11.7 Å². The summed E-state index contributed by atoms with van der Waals surface area (Å²) >= 11 is 0. The van der Waals surface area contributed by atoms with E-state index in [1.807, 2.05) is 30.3 Å². The van der Waals surface area contributed by atoms with Crippen molar-refractivity contribution in [3.63, 3.8) is 0 Å². The number of benzene rings is 3. The normalized spacial score (nSPS) is 19.8. The minimum atomic E-state index is -0.692. The standard InChI is InChI=1S/C29H24F2N2O2/c1-17-26(29(35)33-23-10-6-5-9-22(23)31)27(19-11-13-21(30)14-12-19)28-24(32-17)15-20(16-25(28)34)18-7-3-2-4-8-18/h2-14,20,27,32H,15-16H2,1H3,(H,33,35). The third-order valence-corrected chi connectivity index (χ3v) is 6.67. The highest BCUT2D eigenvalue weighted by Crippen LogP contribution is 2.45. The maximum absolute atomic E-state index is 14.3. The van der Waals surface area contributed by atoms with Crippen LogP contribution in [0.25, 0.3) is 0 Å². The van der Waals surface area contributed by atoms with Gasteiger partial charge in [0.25, 0.3) is 5.91 Å². The Balaban J connectivity index is 1.57. The molecule has 0 saturated carbocycles. The minimum absolute atomic E-state index is 0.0189. The van der Waals surface area contributed by atoms with Gasteiger partial charge < -0.3 is 10.6 Å². The van der Waals surface area contributed by atoms with Crippen molar-refractivity contribution in [3.8, 4) is 0 Å². The molecule has 0 radical (unpaired) electrons. The number of carbonyl (C=O) groups is 2. The largest absolute Gasteiger partial charge is 0.362 e. The van der Waals surface area contributed by atoms with Crippen LogP contribution in [-0.2, 0) is 9.59 Å². The van der Waals surface area contributed by atoms with Gasteiger partial charge in [0.05, 0.1) is 5.69 Å². The molecule has 35 heavy (non-hydrogen) atoms. The van der Waals surface area contributed by atoms with E-state index in [0.717, 1.165) is 11.3 Å². The number of anilines is 1. The van der Waals surface area contributed by atoms with Crippen LogP contribution in [0.1, 0.15) is 42.7 Å². The van der Waals surface area contributed by atoms with Gasteiger partial charge in [-0.05, 0) is 54.7 Å². The van der Waals surface area contributed by atoms with Gasteiger partial charge in [-0.2, -0.15) is 0 Å². The van der Waals surface area contributed by atoms with Gasteiger partial charge >= 0.3 is 0 Å². The fourth-order valence-electron chi connectivity index (χ4n) is 5.04. The second-order valence-electron chi connectivity index (χ2n) is 8.91. The first-order valence-corrected chi connectivity index (χ1v) is 11.5. The lowest BCUT2D eigenvalue weighted by Crippen LogP contribution is -2.37. The molecule has 1 aliphatic carbocycles. The van der Waals surface area contributed by atoms with Gasteiger partial charge in [0, 0.05) is 34.9 Å². The molecule has 6 heteroatoms. The molecule has 2 N–H and O–H groups in total. The summed E-state index contributed by atoms with van der Waals surface area (Å²) in [5.74, 6) is -2.22. The molecule has 0 saturated heterocycles. The maximum Gasteiger partial charge on any atom is 0.254 e. The van der Waals surface area contributed by atoms with E-state index in [1.54, 1.807) is 31.2 Å². The van der Waals surface area contributed by atoms with Gasteiger partial charge in [-0.3, -0.25) is 9.59 Å². The number of amides is 1. The number of Topliss-reactive ketones (excluding diaryl/α,β-unsaturated/α-hetero) is 1. The van der Waals surface area contributed by atoms with Crippen molar-refractivity contribution >= 4 is 17.4 Å². The molecule has 1 amide bonds. The maximum atomic E-state index is 14.3. The van der Waals surface area contributed by atoms with E-state index in [-0.39, 0.29) is 17.4 Å². The molecule has 3 aromatic carbocycles. The van der Waals surface area contributed by atoms with E-state index < -0.39 is 23.5 Å². The number of nitrogens with one attached hydrogen (secondary N) is 2. The molecule has 1 aliphatic heterocycles. The van der Waals surface area contributed by atoms with E-state index in [9.17, 15) is 18.4 Å². The molecular weight excluding hydrogens is 446 g/mol. The average Bonchev–Trinajstić information content (AvgIpc) is 2.85. The lowest BCUT2D eigenvalue weighted by Gasteiger charge is -2.37. The Kier molecular flexibility index (Phi) is 6.03. The van der Waals surface area contributed by atoms with Gasteiger partial charge in [-0.1, -0.05) is 54.6 Å². The Morgan fingerprint density at radius 3 is 2.29 bits per heavy atom. The Labute approximate surface area is 202 Å². The van der Waals surface area contributed by atoms with Crippen LogP contribution in [0, 0.1) is 11.6 Å². The van der Waals surface area contributed by atoms with Crippen LogP contribution in [0.3, 0.4) is 0 Å². The summed E-state index contributed by atoms with van der Waals surface area (Å²) < 4.78 is 28.0. The highest BCUT2D eigenvalue weighted by molar-refractivity contribution is 6.10. The molecule has 5 rings (SSSR count). The molecule has 0 bridgehead atoms. The van der Waals surface area contributed by atoms with Crippen molar-refractivity contribution in [2.45, 2.75) is 31.6 Å². The highest BCUT2D eigenvalue weighted by atomic mass is 19.1. The summed E-state index contributed by atoms with van der Waals surface area (Å²) in [6.07, 6.45) is 0.922.